The van der Waals surface area contributed by atoms with Crippen LogP contribution in [0.3, 0.4) is 0 Å². The summed E-state index contributed by atoms with van der Waals surface area (Å²) in [4.78, 5) is 15.6. The Balaban J connectivity index is 2.04. The SMILES string of the molecule is Cc1ccc(C(C)N(CC(=O)O)CC2CC2)s1. The van der Waals surface area contributed by atoms with E-state index in [4.69, 9.17) is 5.11 Å². The Morgan fingerprint density at radius 1 is 1.59 bits per heavy atom. The van der Waals surface area contributed by atoms with Crippen molar-refractivity contribution in [2.75, 3.05) is 13.1 Å². The molecule has 1 fully saturated rings. The standard InChI is InChI=1S/C13H19NO2S/c1-9-3-6-12(17-9)10(2)14(8-13(15)16)7-11-4-5-11/h3,6,10-11H,4-5,7-8H2,1-2H3,(H,15,16). The molecule has 0 saturated heterocycles. The van der Waals surface area contributed by atoms with Crippen LogP contribution in [-0.4, -0.2) is 29.1 Å². The third-order valence-electron chi connectivity index (χ3n) is 3.25. The van der Waals surface area contributed by atoms with Gasteiger partial charge in [-0.05, 0) is 44.7 Å². The van der Waals surface area contributed by atoms with Crippen molar-refractivity contribution in [3.63, 3.8) is 0 Å². The Hall–Kier alpha value is -0.870. The normalized spacial score (nSPS) is 17.4. The van der Waals surface area contributed by atoms with Crippen LogP contribution < -0.4 is 0 Å². The molecular formula is C13H19NO2S. The van der Waals surface area contributed by atoms with Crippen molar-refractivity contribution in [3.8, 4) is 0 Å². The van der Waals surface area contributed by atoms with E-state index in [1.807, 2.05) is 0 Å². The number of carboxylic acid groups (broad SMARTS) is 1. The third-order valence-corrected chi connectivity index (χ3v) is 4.42. The van der Waals surface area contributed by atoms with Crippen molar-refractivity contribution in [2.45, 2.75) is 32.7 Å². The highest BCUT2D eigenvalue weighted by Crippen LogP contribution is 2.34. The van der Waals surface area contributed by atoms with Gasteiger partial charge in [0.25, 0.3) is 0 Å². The fourth-order valence-corrected chi connectivity index (χ4v) is 2.99. The predicted molar refractivity (Wildman–Crippen MR) is 69.4 cm³/mol. The predicted octanol–water partition coefficient (Wildman–Crippen LogP) is 2.91. The van der Waals surface area contributed by atoms with Crippen molar-refractivity contribution in [2.24, 2.45) is 5.92 Å². The molecule has 0 amide bonds. The number of thiophene rings is 1. The first-order valence-corrected chi connectivity index (χ1v) is 6.90. The van der Waals surface area contributed by atoms with Crippen LogP contribution in [0.4, 0.5) is 0 Å². The lowest BCUT2D eigenvalue weighted by Crippen LogP contribution is -2.33. The number of aryl methyl sites for hydroxylation is 1. The van der Waals surface area contributed by atoms with E-state index in [1.165, 1.54) is 22.6 Å². The van der Waals surface area contributed by atoms with E-state index in [9.17, 15) is 4.79 Å². The van der Waals surface area contributed by atoms with Crippen LogP contribution >= 0.6 is 11.3 Å². The average Bonchev–Trinajstić information content (AvgIpc) is 2.96. The minimum atomic E-state index is -0.731. The van der Waals surface area contributed by atoms with Crippen molar-refractivity contribution >= 4 is 17.3 Å². The lowest BCUT2D eigenvalue weighted by atomic mass is 10.2. The van der Waals surface area contributed by atoms with Crippen LogP contribution in [0, 0.1) is 12.8 Å². The fraction of sp³-hybridized carbons (Fsp3) is 0.615. The Morgan fingerprint density at radius 3 is 2.76 bits per heavy atom. The van der Waals surface area contributed by atoms with Crippen molar-refractivity contribution in [1.82, 2.24) is 4.90 Å². The number of rotatable bonds is 6. The molecule has 0 radical (unpaired) electrons. The van der Waals surface area contributed by atoms with Crippen LogP contribution in [0.15, 0.2) is 12.1 Å². The van der Waals surface area contributed by atoms with E-state index >= 15 is 0 Å². The van der Waals surface area contributed by atoms with Gasteiger partial charge in [0.05, 0.1) is 6.54 Å². The molecule has 0 spiro atoms. The first-order chi connectivity index (χ1) is 8.06. The number of hydrogen-bond donors (Lipinski definition) is 1. The largest absolute Gasteiger partial charge is 0.480 e. The number of carbonyl (C=O) groups is 1. The minimum absolute atomic E-state index is 0.147. The molecule has 1 atom stereocenters. The Labute approximate surface area is 106 Å². The fourth-order valence-electron chi connectivity index (χ4n) is 2.02. The van der Waals surface area contributed by atoms with Gasteiger partial charge in [-0.3, -0.25) is 9.69 Å². The molecule has 17 heavy (non-hydrogen) atoms. The van der Waals surface area contributed by atoms with Crippen molar-refractivity contribution < 1.29 is 9.90 Å². The molecule has 1 aliphatic carbocycles. The molecule has 0 bridgehead atoms. The summed E-state index contributed by atoms with van der Waals surface area (Å²) in [5.41, 5.74) is 0. The quantitative estimate of drug-likeness (QED) is 0.847. The molecule has 4 heteroatoms. The molecule has 1 aliphatic rings. The van der Waals surface area contributed by atoms with E-state index < -0.39 is 5.97 Å². The molecule has 1 saturated carbocycles. The molecule has 0 aromatic carbocycles. The highest BCUT2D eigenvalue weighted by Gasteiger charge is 2.28. The monoisotopic (exact) mass is 253 g/mol. The van der Waals surface area contributed by atoms with Gasteiger partial charge in [0.2, 0.25) is 0 Å². The van der Waals surface area contributed by atoms with Crippen LogP contribution in [-0.2, 0) is 4.79 Å². The third kappa shape index (κ3) is 3.54. The number of carboxylic acids is 1. The molecule has 1 heterocycles. The molecule has 1 aromatic heterocycles. The number of aliphatic carboxylic acids is 1. The second-order valence-corrected chi connectivity index (χ2v) is 6.21. The van der Waals surface area contributed by atoms with Gasteiger partial charge < -0.3 is 5.11 Å². The first-order valence-electron chi connectivity index (χ1n) is 6.08. The molecule has 1 aromatic rings. The maximum Gasteiger partial charge on any atom is 0.317 e. The van der Waals surface area contributed by atoms with Crippen LogP contribution in [0.5, 0.6) is 0 Å². The van der Waals surface area contributed by atoms with Gasteiger partial charge in [-0.25, -0.2) is 0 Å². The summed E-state index contributed by atoms with van der Waals surface area (Å²) in [6.07, 6.45) is 2.51. The van der Waals surface area contributed by atoms with Gasteiger partial charge in [-0.2, -0.15) is 0 Å². The molecule has 0 aliphatic heterocycles. The van der Waals surface area contributed by atoms with Crippen molar-refractivity contribution in [1.29, 1.82) is 0 Å². The number of hydrogen-bond acceptors (Lipinski definition) is 3. The summed E-state index contributed by atoms with van der Waals surface area (Å²) in [7, 11) is 0. The van der Waals surface area contributed by atoms with Crippen LogP contribution in [0.2, 0.25) is 0 Å². The second kappa shape index (κ2) is 5.19. The van der Waals surface area contributed by atoms with E-state index in [2.05, 4.69) is 30.9 Å². The molecule has 94 valence electrons. The highest BCUT2D eigenvalue weighted by molar-refractivity contribution is 7.12. The van der Waals surface area contributed by atoms with Crippen LogP contribution in [0.25, 0.3) is 0 Å². The van der Waals surface area contributed by atoms with Gasteiger partial charge in [-0.15, -0.1) is 11.3 Å². The molecule has 3 nitrogen and oxygen atoms in total. The Morgan fingerprint density at radius 2 is 2.29 bits per heavy atom. The van der Waals surface area contributed by atoms with Gasteiger partial charge in [0.1, 0.15) is 0 Å². The summed E-state index contributed by atoms with van der Waals surface area (Å²) in [6.45, 7) is 5.26. The van der Waals surface area contributed by atoms with Crippen molar-refractivity contribution in [3.05, 3.63) is 21.9 Å². The summed E-state index contributed by atoms with van der Waals surface area (Å²) >= 11 is 1.76. The van der Waals surface area contributed by atoms with Crippen LogP contribution in [0.1, 0.15) is 35.6 Å². The zero-order chi connectivity index (χ0) is 12.4. The maximum absolute atomic E-state index is 10.9. The Kier molecular flexibility index (Phi) is 3.84. The lowest BCUT2D eigenvalue weighted by Gasteiger charge is -2.26. The Bertz CT molecular complexity index is 398. The second-order valence-electron chi connectivity index (χ2n) is 4.89. The molecule has 1 unspecified atom stereocenters. The topological polar surface area (TPSA) is 40.5 Å². The summed E-state index contributed by atoms with van der Waals surface area (Å²) in [5, 5.41) is 8.98. The average molecular weight is 253 g/mol. The molecule has 2 rings (SSSR count). The minimum Gasteiger partial charge on any atom is -0.480 e. The highest BCUT2D eigenvalue weighted by atomic mass is 32.1. The van der Waals surface area contributed by atoms with Gasteiger partial charge in [0.15, 0.2) is 0 Å². The van der Waals surface area contributed by atoms with Gasteiger partial charge in [-0.1, -0.05) is 0 Å². The van der Waals surface area contributed by atoms with Gasteiger partial charge >= 0.3 is 5.97 Å². The van der Waals surface area contributed by atoms with Gasteiger partial charge in [0, 0.05) is 22.3 Å². The molecule has 1 N–H and O–H groups in total. The summed E-state index contributed by atoms with van der Waals surface area (Å²) < 4.78 is 0. The summed E-state index contributed by atoms with van der Waals surface area (Å²) in [6, 6.07) is 4.43. The van der Waals surface area contributed by atoms with E-state index in [0.29, 0.717) is 0 Å². The lowest BCUT2D eigenvalue weighted by molar-refractivity contribution is -0.138. The number of nitrogens with zero attached hydrogens (tertiary/aromatic N) is 1. The zero-order valence-electron chi connectivity index (χ0n) is 10.3. The van der Waals surface area contributed by atoms with E-state index in [0.717, 1.165) is 12.5 Å². The smallest absolute Gasteiger partial charge is 0.317 e. The maximum atomic E-state index is 10.9. The summed E-state index contributed by atoms with van der Waals surface area (Å²) in [5.74, 6) is -0.0105. The van der Waals surface area contributed by atoms with E-state index in [1.54, 1.807) is 11.3 Å². The zero-order valence-corrected chi connectivity index (χ0v) is 11.2. The first kappa shape index (κ1) is 12.6. The molecular weight excluding hydrogens is 234 g/mol. The van der Waals surface area contributed by atoms with E-state index in [-0.39, 0.29) is 12.6 Å².